The third-order valence-corrected chi connectivity index (χ3v) is 6.00. The molecule has 150 valence electrons. The van der Waals surface area contributed by atoms with Gasteiger partial charge in [-0.25, -0.2) is 9.59 Å². The van der Waals surface area contributed by atoms with E-state index >= 15 is 0 Å². The number of aromatic carboxylic acids is 1. The van der Waals surface area contributed by atoms with Gasteiger partial charge in [0.25, 0.3) is 0 Å². The fraction of sp³-hybridized carbons (Fsp3) is 0.200. The van der Waals surface area contributed by atoms with Crippen LogP contribution in [0.5, 0.6) is 0 Å². The zero-order chi connectivity index (χ0) is 20.7. The van der Waals surface area contributed by atoms with Gasteiger partial charge in [0.15, 0.2) is 0 Å². The van der Waals surface area contributed by atoms with E-state index in [2.05, 4.69) is 24.3 Å². The van der Waals surface area contributed by atoms with Crippen LogP contribution < -0.4 is 4.90 Å². The van der Waals surface area contributed by atoms with Crippen molar-refractivity contribution < 1.29 is 19.4 Å². The SMILES string of the molecule is O=C(O)c1cccc2c1N(C(=O)OCC1c3ccccc3-c3ccccc31)CCC2. The molecular weight excluding hydrogens is 378 g/mol. The van der Waals surface area contributed by atoms with Gasteiger partial charge in [-0.2, -0.15) is 0 Å². The molecule has 0 bridgehead atoms. The summed E-state index contributed by atoms with van der Waals surface area (Å²) in [6.45, 7) is 0.669. The minimum atomic E-state index is -1.04. The van der Waals surface area contributed by atoms with Gasteiger partial charge >= 0.3 is 12.1 Å². The van der Waals surface area contributed by atoms with Crippen molar-refractivity contribution in [3.8, 4) is 11.1 Å². The van der Waals surface area contributed by atoms with Crippen LogP contribution in [-0.2, 0) is 11.2 Å². The lowest BCUT2D eigenvalue weighted by Crippen LogP contribution is -2.37. The van der Waals surface area contributed by atoms with Crippen LogP contribution in [0.15, 0.2) is 66.7 Å². The number of carboxylic acids is 1. The van der Waals surface area contributed by atoms with Crippen molar-refractivity contribution in [1.82, 2.24) is 0 Å². The minimum Gasteiger partial charge on any atom is -0.478 e. The average Bonchev–Trinajstić information content (AvgIpc) is 3.10. The second-order valence-electron chi connectivity index (χ2n) is 7.68. The molecule has 1 aliphatic heterocycles. The highest BCUT2D eigenvalue weighted by atomic mass is 16.6. The Bertz CT molecular complexity index is 1110. The Kier molecular flexibility index (Phi) is 4.51. The van der Waals surface area contributed by atoms with Gasteiger partial charge in [-0.15, -0.1) is 0 Å². The fourth-order valence-corrected chi connectivity index (χ4v) is 4.68. The summed E-state index contributed by atoms with van der Waals surface area (Å²) in [5.41, 5.74) is 6.12. The number of carbonyl (C=O) groups excluding carboxylic acids is 1. The topological polar surface area (TPSA) is 66.8 Å². The van der Waals surface area contributed by atoms with Crippen molar-refractivity contribution >= 4 is 17.7 Å². The molecule has 0 saturated carbocycles. The van der Waals surface area contributed by atoms with Crippen molar-refractivity contribution in [2.75, 3.05) is 18.1 Å². The number of nitrogens with zero attached hydrogens (tertiary/aromatic N) is 1. The number of hydrogen-bond donors (Lipinski definition) is 1. The van der Waals surface area contributed by atoms with Crippen molar-refractivity contribution in [3.63, 3.8) is 0 Å². The molecule has 5 rings (SSSR count). The van der Waals surface area contributed by atoms with E-state index in [1.165, 1.54) is 22.1 Å². The second-order valence-corrected chi connectivity index (χ2v) is 7.68. The molecule has 0 spiro atoms. The maximum atomic E-state index is 13.0. The maximum Gasteiger partial charge on any atom is 0.414 e. The summed E-state index contributed by atoms with van der Waals surface area (Å²) in [6, 6.07) is 21.5. The molecule has 30 heavy (non-hydrogen) atoms. The Labute approximate surface area is 174 Å². The van der Waals surface area contributed by atoms with Crippen molar-refractivity contribution in [2.24, 2.45) is 0 Å². The molecule has 3 aromatic rings. The number of aryl methyl sites for hydroxylation is 1. The van der Waals surface area contributed by atoms with E-state index in [9.17, 15) is 14.7 Å². The predicted octanol–water partition coefficient (Wildman–Crippen LogP) is 5.09. The number of fused-ring (bicyclic) bond motifs is 4. The zero-order valence-electron chi connectivity index (χ0n) is 16.4. The van der Waals surface area contributed by atoms with Crippen LogP contribution in [0.2, 0.25) is 0 Å². The Morgan fingerprint density at radius 3 is 2.27 bits per heavy atom. The normalized spacial score (nSPS) is 14.6. The molecule has 1 N–H and O–H groups in total. The van der Waals surface area contributed by atoms with Crippen molar-refractivity contribution in [3.05, 3.63) is 89.0 Å². The van der Waals surface area contributed by atoms with Crippen LogP contribution in [0.3, 0.4) is 0 Å². The van der Waals surface area contributed by atoms with E-state index in [1.807, 2.05) is 30.3 Å². The lowest BCUT2D eigenvalue weighted by atomic mass is 9.97. The third kappa shape index (κ3) is 2.94. The molecule has 2 aliphatic rings. The standard InChI is InChI=1S/C25H21NO4/c27-24(28)21-13-5-7-16-8-6-14-26(23(16)21)25(29)30-15-22-19-11-3-1-9-17(19)18-10-2-4-12-20(18)22/h1-5,7,9-13,22H,6,8,14-15H2,(H,27,28). The molecule has 1 aliphatic carbocycles. The number of hydrogen-bond acceptors (Lipinski definition) is 3. The van der Waals surface area contributed by atoms with E-state index in [0.717, 1.165) is 29.5 Å². The molecule has 1 heterocycles. The van der Waals surface area contributed by atoms with Gasteiger partial charge in [0.1, 0.15) is 6.61 Å². The number of carboxylic acid groups (broad SMARTS) is 1. The zero-order valence-corrected chi connectivity index (χ0v) is 16.4. The summed E-state index contributed by atoms with van der Waals surface area (Å²) < 4.78 is 5.76. The van der Waals surface area contributed by atoms with E-state index in [-0.39, 0.29) is 18.1 Å². The van der Waals surface area contributed by atoms with Gasteiger partial charge in [0.05, 0.1) is 11.3 Å². The van der Waals surface area contributed by atoms with E-state index < -0.39 is 12.1 Å². The van der Waals surface area contributed by atoms with Gasteiger partial charge in [0.2, 0.25) is 0 Å². The first-order valence-corrected chi connectivity index (χ1v) is 10.1. The smallest absolute Gasteiger partial charge is 0.414 e. The van der Waals surface area contributed by atoms with E-state index in [1.54, 1.807) is 6.07 Å². The van der Waals surface area contributed by atoms with Crippen LogP contribution in [0.25, 0.3) is 11.1 Å². The summed E-state index contributed by atoms with van der Waals surface area (Å²) in [5.74, 6) is -1.06. The first kappa shape index (κ1) is 18.4. The molecule has 3 aromatic carbocycles. The van der Waals surface area contributed by atoms with Crippen LogP contribution in [0.1, 0.15) is 39.4 Å². The van der Waals surface area contributed by atoms with Crippen LogP contribution in [0, 0.1) is 0 Å². The summed E-state index contributed by atoms with van der Waals surface area (Å²) >= 11 is 0. The molecule has 0 fully saturated rings. The molecule has 0 unspecified atom stereocenters. The van der Waals surface area contributed by atoms with Gasteiger partial charge in [-0.3, -0.25) is 4.90 Å². The van der Waals surface area contributed by atoms with Crippen LogP contribution in [0.4, 0.5) is 10.5 Å². The molecule has 1 amide bonds. The van der Waals surface area contributed by atoms with Crippen LogP contribution >= 0.6 is 0 Å². The van der Waals surface area contributed by atoms with Gasteiger partial charge in [-0.05, 0) is 46.7 Å². The molecule has 0 saturated heterocycles. The largest absolute Gasteiger partial charge is 0.478 e. The summed E-state index contributed by atoms with van der Waals surface area (Å²) in [5, 5.41) is 9.58. The Morgan fingerprint density at radius 1 is 0.933 bits per heavy atom. The number of amides is 1. The van der Waals surface area contributed by atoms with E-state index in [4.69, 9.17) is 4.74 Å². The van der Waals surface area contributed by atoms with Gasteiger partial charge in [0, 0.05) is 12.5 Å². The minimum absolute atomic E-state index is 0.0275. The molecular formula is C25H21NO4. The first-order chi connectivity index (χ1) is 14.6. The number of para-hydroxylation sites is 1. The number of anilines is 1. The summed E-state index contributed by atoms with van der Waals surface area (Å²) in [7, 11) is 0. The lowest BCUT2D eigenvalue weighted by molar-refractivity contribution is 0.0697. The van der Waals surface area contributed by atoms with E-state index in [0.29, 0.717) is 12.2 Å². The average molecular weight is 399 g/mol. The lowest BCUT2D eigenvalue weighted by Gasteiger charge is -2.30. The third-order valence-electron chi connectivity index (χ3n) is 6.00. The number of ether oxygens (including phenoxy) is 1. The molecule has 0 atom stereocenters. The van der Waals surface area contributed by atoms with Crippen LogP contribution in [-0.4, -0.2) is 30.3 Å². The summed E-state index contributed by atoms with van der Waals surface area (Å²) in [4.78, 5) is 26.2. The number of rotatable bonds is 3. The van der Waals surface area contributed by atoms with Crippen molar-refractivity contribution in [1.29, 1.82) is 0 Å². The number of benzene rings is 3. The Morgan fingerprint density at radius 2 is 1.60 bits per heavy atom. The highest BCUT2D eigenvalue weighted by molar-refractivity contribution is 6.01. The quantitative estimate of drug-likeness (QED) is 0.666. The Hall–Kier alpha value is -3.60. The second kappa shape index (κ2) is 7.34. The monoisotopic (exact) mass is 399 g/mol. The first-order valence-electron chi connectivity index (χ1n) is 10.1. The highest BCUT2D eigenvalue weighted by Gasteiger charge is 2.32. The Balaban J connectivity index is 1.42. The number of carbonyl (C=O) groups is 2. The maximum absolute atomic E-state index is 13.0. The van der Waals surface area contributed by atoms with Gasteiger partial charge < -0.3 is 9.84 Å². The summed E-state index contributed by atoms with van der Waals surface area (Å²) in [6.07, 6.45) is 1.04. The molecule has 5 heteroatoms. The molecule has 0 radical (unpaired) electrons. The van der Waals surface area contributed by atoms with Gasteiger partial charge in [-0.1, -0.05) is 60.7 Å². The highest BCUT2D eigenvalue weighted by Crippen LogP contribution is 2.44. The fourth-order valence-electron chi connectivity index (χ4n) is 4.68. The molecule has 5 nitrogen and oxygen atoms in total. The molecule has 0 aromatic heterocycles. The predicted molar refractivity (Wildman–Crippen MR) is 114 cm³/mol. The van der Waals surface area contributed by atoms with Crippen molar-refractivity contribution in [2.45, 2.75) is 18.8 Å².